The second-order valence-corrected chi connectivity index (χ2v) is 2.51. The number of rotatable bonds is 0. The van der Waals surface area contributed by atoms with Gasteiger partial charge >= 0.3 is 0 Å². The van der Waals surface area contributed by atoms with Gasteiger partial charge in [-0.05, 0) is 5.92 Å². The lowest BCUT2D eigenvalue weighted by molar-refractivity contribution is -0.140. The van der Waals surface area contributed by atoms with Gasteiger partial charge in [-0.3, -0.25) is 10.2 Å². The van der Waals surface area contributed by atoms with E-state index in [9.17, 15) is 4.79 Å². The van der Waals surface area contributed by atoms with Gasteiger partial charge in [0, 0.05) is 19.5 Å². The minimum atomic E-state index is 0.188. The summed E-state index contributed by atoms with van der Waals surface area (Å²) in [4.78, 5) is 10.6. The molecule has 3 nitrogen and oxygen atoms in total. The molecule has 3 saturated heterocycles. The molecule has 3 rings (SSSR count). The second-order valence-electron chi connectivity index (χ2n) is 2.51. The van der Waals surface area contributed by atoms with Crippen LogP contribution in [0.25, 0.3) is 0 Å². The van der Waals surface area contributed by atoms with Crippen molar-refractivity contribution in [2.24, 2.45) is 5.92 Å². The summed E-state index contributed by atoms with van der Waals surface area (Å²) in [5.74, 6) is 0.858. The van der Waals surface area contributed by atoms with Crippen LogP contribution in [0.4, 0.5) is 0 Å². The van der Waals surface area contributed by atoms with Gasteiger partial charge in [-0.2, -0.15) is 0 Å². The largest absolute Gasteiger partial charge is 0.289 e. The van der Waals surface area contributed by atoms with Crippen molar-refractivity contribution in [1.29, 1.82) is 0 Å². The monoisotopic (exact) mass is 112 g/mol. The van der Waals surface area contributed by atoms with Crippen LogP contribution in [0.5, 0.6) is 0 Å². The third kappa shape index (κ3) is 0.448. The summed E-state index contributed by atoms with van der Waals surface area (Å²) in [5, 5.41) is 1.95. The first-order valence-corrected chi connectivity index (χ1v) is 2.89. The Labute approximate surface area is 47.6 Å². The topological polar surface area (TPSA) is 32.3 Å². The zero-order valence-corrected chi connectivity index (χ0v) is 4.55. The van der Waals surface area contributed by atoms with Crippen LogP contribution in [0.1, 0.15) is 6.42 Å². The van der Waals surface area contributed by atoms with E-state index in [1.54, 1.807) is 0 Å². The van der Waals surface area contributed by atoms with Crippen LogP contribution in [0.2, 0.25) is 0 Å². The molecule has 3 aliphatic heterocycles. The molecule has 1 amide bonds. The molecule has 3 aliphatic rings. The van der Waals surface area contributed by atoms with Gasteiger partial charge < -0.3 is 0 Å². The zero-order chi connectivity index (χ0) is 5.56. The Morgan fingerprint density at radius 1 is 1.62 bits per heavy atom. The maximum atomic E-state index is 10.6. The molecule has 0 saturated carbocycles. The number of hydrogen-bond acceptors (Lipinski definition) is 2. The molecule has 0 aliphatic carbocycles. The van der Waals surface area contributed by atoms with Crippen LogP contribution in [0.15, 0.2) is 0 Å². The molecular formula is C5H8N2O. The van der Waals surface area contributed by atoms with Crippen LogP contribution in [-0.2, 0) is 4.79 Å². The number of hydrazine groups is 1. The van der Waals surface area contributed by atoms with E-state index in [1.807, 2.05) is 5.01 Å². The normalized spacial score (nSPS) is 42.8. The minimum Gasteiger partial charge on any atom is -0.289 e. The second kappa shape index (κ2) is 1.23. The van der Waals surface area contributed by atoms with Gasteiger partial charge in [0.05, 0.1) is 0 Å². The molecule has 0 aromatic carbocycles. The fourth-order valence-electron chi connectivity index (χ4n) is 1.27. The first-order chi connectivity index (χ1) is 3.84. The predicted octanol–water partition coefficient (Wildman–Crippen LogP) is -0.647. The molecule has 0 aromatic rings. The van der Waals surface area contributed by atoms with E-state index in [2.05, 4.69) is 5.43 Å². The highest BCUT2D eigenvalue weighted by atomic mass is 16.2. The van der Waals surface area contributed by atoms with Gasteiger partial charge in [0.25, 0.3) is 0 Å². The number of amides is 1. The quantitative estimate of drug-likeness (QED) is 0.451. The van der Waals surface area contributed by atoms with Gasteiger partial charge in [0.15, 0.2) is 0 Å². The fraction of sp³-hybridized carbons (Fsp3) is 0.800. The smallest absolute Gasteiger partial charge is 0.234 e. The highest BCUT2D eigenvalue weighted by Crippen LogP contribution is 2.20. The summed E-state index contributed by atoms with van der Waals surface area (Å²) < 4.78 is 0. The first-order valence-electron chi connectivity index (χ1n) is 2.89. The number of fused-ring (bicyclic) bond motifs is 2. The fourth-order valence-corrected chi connectivity index (χ4v) is 1.27. The van der Waals surface area contributed by atoms with Crippen LogP contribution in [-0.4, -0.2) is 24.0 Å². The van der Waals surface area contributed by atoms with Gasteiger partial charge in [-0.25, -0.2) is 5.01 Å². The Kier molecular flexibility index (Phi) is 0.663. The van der Waals surface area contributed by atoms with Crippen molar-refractivity contribution in [2.45, 2.75) is 6.42 Å². The molecule has 8 heavy (non-hydrogen) atoms. The Balaban J connectivity index is 2.07. The standard InChI is InChI=1S/C5H8N2O/c8-5-1-4-2-7(3-4)6-5/h4H,1-3H2,(H,6,8). The summed E-state index contributed by atoms with van der Waals surface area (Å²) in [5.41, 5.74) is 2.74. The number of carbonyl (C=O) groups excluding carboxylic acids is 1. The molecule has 2 bridgehead atoms. The minimum absolute atomic E-state index is 0.188. The van der Waals surface area contributed by atoms with Crippen molar-refractivity contribution in [3.8, 4) is 0 Å². The maximum absolute atomic E-state index is 10.6. The highest BCUT2D eigenvalue weighted by Gasteiger charge is 2.34. The Bertz CT molecular complexity index is 116. The van der Waals surface area contributed by atoms with Crippen molar-refractivity contribution in [2.75, 3.05) is 13.1 Å². The Morgan fingerprint density at radius 2 is 2.38 bits per heavy atom. The predicted molar refractivity (Wildman–Crippen MR) is 27.8 cm³/mol. The number of nitrogens with zero attached hydrogens (tertiary/aromatic N) is 1. The summed E-state index contributed by atoms with van der Waals surface area (Å²) >= 11 is 0. The van der Waals surface area contributed by atoms with Gasteiger partial charge in [0.2, 0.25) is 5.91 Å². The zero-order valence-electron chi connectivity index (χ0n) is 4.55. The van der Waals surface area contributed by atoms with Crippen LogP contribution in [0.3, 0.4) is 0 Å². The molecule has 0 radical (unpaired) electrons. The molecule has 0 aromatic heterocycles. The Hall–Kier alpha value is -0.570. The first kappa shape index (κ1) is 4.32. The number of hydrogen-bond donors (Lipinski definition) is 1. The molecule has 3 fully saturated rings. The van der Waals surface area contributed by atoms with Gasteiger partial charge in [-0.1, -0.05) is 0 Å². The van der Waals surface area contributed by atoms with Crippen LogP contribution in [0, 0.1) is 5.92 Å². The number of nitrogens with one attached hydrogen (secondary N) is 1. The molecule has 3 heteroatoms. The SMILES string of the molecule is O=C1CC2CN(C2)N1. The average molecular weight is 112 g/mol. The van der Waals surface area contributed by atoms with Crippen molar-refractivity contribution >= 4 is 5.91 Å². The van der Waals surface area contributed by atoms with Crippen LogP contribution >= 0.6 is 0 Å². The molecular weight excluding hydrogens is 104 g/mol. The van der Waals surface area contributed by atoms with E-state index >= 15 is 0 Å². The highest BCUT2D eigenvalue weighted by molar-refractivity contribution is 5.77. The lowest BCUT2D eigenvalue weighted by Gasteiger charge is -2.43. The molecule has 3 heterocycles. The molecule has 44 valence electrons. The van der Waals surface area contributed by atoms with E-state index < -0.39 is 0 Å². The molecule has 0 spiro atoms. The summed E-state index contributed by atoms with van der Waals surface area (Å²) in [7, 11) is 0. The number of carbonyl (C=O) groups is 1. The van der Waals surface area contributed by atoms with E-state index in [1.165, 1.54) is 0 Å². The van der Waals surface area contributed by atoms with E-state index in [0.29, 0.717) is 5.92 Å². The molecule has 0 unspecified atom stereocenters. The van der Waals surface area contributed by atoms with E-state index in [4.69, 9.17) is 0 Å². The molecule has 1 N–H and O–H groups in total. The van der Waals surface area contributed by atoms with Crippen molar-refractivity contribution in [3.05, 3.63) is 0 Å². The summed E-state index contributed by atoms with van der Waals surface area (Å²) in [6.45, 7) is 2.15. The lowest BCUT2D eigenvalue weighted by atomic mass is 9.95. The van der Waals surface area contributed by atoms with E-state index in [-0.39, 0.29) is 5.91 Å². The van der Waals surface area contributed by atoms with E-state index in [0.717, 1.165) is 19.5 Å². The third-order valence-electron chi connectivity index (χ3n) is 1.71. The Morgan fingerprint density at radius 3 is 2.62 bits per heavy atom. The van der Waals surface area contributed by atoms with Gasteiger partial charge in [-0.15, -0.1) is 0 Å². The molecule has 0 atom stereocenters. The van der Waals surface area contributed by atoms with Crippen molar-refractivity contribution < 1.29 is 4.79 Å². The van der Waals surface area contributed by atoms with Gasteiger partial charge in [0.1, 0.15) is 0 Å². The third-order valence-corrected chi connectivity index (χ3v) is 1.71. The lowest BCUT2D eigenvalue weighted by Crippen LogP contribution is -2.62. The maximum Gasteiger partial charge on any atom is 0.234 e. The summed E-state index contributed by atoms with van der Waals surface area (Å²) in [6.07, 6.45) is 0.747. The summed E-state index contributed by atoms with van der Waals surface area (Å²) in [6, 6.07) is 0. The average Bonchev–Trinajstić information content (AvgIpc) is 1.62. The van der Waals surface area contributed by atoms with Crippen molar-refractivity contribution in [3.63, 3.8) is 0 Å². The van der Waals surface area contributed by atoms with Crippen LogP contribution < -0.4 is 5.43 Å². The van der Waals surface area contributed by atoms with Crippen molar-refractivity contribution in [1.82, 2.24) is 10.4 Å².